The smallest absolute Gasteiger partial charge is 0.174 e. The minimum absolute atomic E-state index is 0.229. The van der Waals surface area contributed by atoms with Crippen LogP contribution in [0.15, 0.2) is 87.9 Å². The highest BCUT2D eigenvalue weighted by Gasteiger charge is 2.42. The number of benzene rings is 2. The molecule has 1 N–H and O–H groups in total. The summed E-state index contributed by atoms with van der Waals surface area (Å²) in [6.45, 7) is 4.34. The Hall–Kier alpha value is -3.03. The predicted octanol–water partition coefficient (Wildman–Crippen LogP) is 7.54. The van der Waals surface area contributed by atoms with E-state index < -0.39 is 0 Å². The molecule has 2 aromatic carbocycles. The number of furan rings is 1. The summed E-state index contributed by atoms with van der Waals surface area (Å²) in [7, 11) is 0. The van der Waals surface area contributed by atoms with Crippen molar-refractivity contribution in [3.05, 3.63) is 106 Å². The zero-order chi connectivity index (χ0) is 23.8. The van der Waals surface area contributed by atoms with Crippen molar-refractivity contribution < 1.29 is 8.81 Å². The molecule has 7 heteroatoms. The monoisotopic (exact) mass is 535 g/mol. The molecule has 34 heavy (non-hydrogen) atoms. The van der Waals surface area contributed by atoms with Crippen LogP contribution in [0.1, 0.15) is 48.9 Å². The second kappa shape index (κ2) is 9.31. The molecule has 0 spiro atoms. The Morgan fingerprint density at radius 3 is 2.53 bits per heavy atom. The number of hydrogen-bond acceptors (Lipinski definition) is 3. The Bertz CT molecular complexity index is 1320. The molecule has 2 aromatic heterocycles. The quantitative estimate of drug-likeness (QED) is 0.267. The molecule has 0 amide bonds. The maximum Gasteiger partial charge on any atom is 0.174 e. The first-order chi connectivity index (χ1) is 16.4. The Balaban J connectivity index is 1.58. The van der Waals surface area contributed by atoms with E-state index in [4.69, 9.17) is 16.6 Å². The molecule has 0 radical (unpaired) electrons. The molecule has 2 atom stereocenters. The summed E-state index contributed by atoms with van der Waals surface area (Å²) in [5, 5.41) is 4.02. The lowest BCUT2D eigenvalue weighted by molar-refractivity contribution is 0.438. The Morgan fingerprint density at radius 2 is 1.85 bits per heavy atom. The summed E-state index contributed by atoms with van der Waals surface area (Å²) in [6, 6.07) is 22.3. The number of aromatic nitrogens is 1. The third-order valence-corrected chi connectivity index (χ3v) is 6.86. The van der Waals surface area contributed by atoms with Crippen molar-refractivity contribution in [2.24, 2.45) is 0 Å². The fourth-order valence-corrected chi connectivity index (χ4v) is 4.97. The van der Waals surface area contributed by atoms with Crippen LogP contribution in [-0.2, 0) is 0 Å². The molecule has 4 aromatic rings. The van der Waals surface area contributed by atoms with E-state index in [0.717, 1.165) is 11.4 Å². The fraction of sp³-hybridized carbons (Fsp3) is 0.185. The van der Waals surface area contributed by atoms with Crippen molar-refractivity contribution in [1.82, 2.24) is 10.3 Å². The number of halogens is 2. The second-order valence-electron chi connectivity index (χ2n) is 8.57. The van der Waals surface area contributed by atoms with E-state index in [1.165, 1.54) is 11.6 Å². The highest BCUT2D eigenvalue weighted by molar-refractivity contribution is 9.10. The van der Waals surface area contributed by atoms with E-state index >= 15 is 0 Å². The van der Waals surface area contributed by atoms with Gasteiger partial charge in [-0.15, -0.1) is 0 Å². The summed E-state index contributed by atoms with van der Waals surface area (Å²) in [4.78, 5) is 6.62. The van der Waals surface area contributed by atoms with Crippen molar-refractivity contribution in [1.29, 1.82) is 0 Å². The number of rotatable bonds is 5. The van der Waals surface area contributed by atoms with Crippen LogP contribution in [0, 0.1) is 5.82 Å². The number of anilines is 1. The molecule has 1 aliphatic heterocycles. The van der Waals surface area contributed by atoms with Crippen molar-refractivity contribution in [2.45, 2.75) is 31.8 Å². The van der Waals surface area contributed by atoms with Gasteiger partial charge >= 0.3 is 0 Å². The number of nitrogens with zero attached hydrogens (tertiary/aromatic N) is 2. The molecule has 1 aliphatic rings. The molecular formula is C27H23BrFN3OS. The molecule has 1 fully saturated rings. The Labute approximate surface area is 212 Å². The van der Waals surface area contributed by atoms with E-state index in [0.29, 0.717) is 32.6 Å². The molecule has 3 heterocycles. The normalized spacial score (nSPS) is 17.9. The maximum absolute atomic E-state index is 14.6. The first-order valence-electron chi connectivity index (χ1n) is 11.1. The van der Waals surface area contributed by atoms with Gasteiger partial charge in [0.2, 0.25) is 0 Å². The van der Waals surface area contributed by atoms with Crippen LogP contribution in [-0.4, -0.2) is 10.1 Å². The molecule has 5 rings (SSSR count). The van der Waals surface area contributed by atoms with Gasteiger partial charge in [0.1, 0.15) is 23.4 Å². The zero-order valence-corrected chi connectivity index (χ0v) is 21.1. The van der Waals surface area contributed by atoms with Gasteiger partial charge in [0.15, 0.2) is 5.11 Å². The van der Waals surface area contributed by atoms with E-state index in [9.17, 15) is 4.39 Å². The first-order valence-corrected chi connectivity index (χ1v) is 12.3. The molecule has 0 aliphatic carbocycles. The van der Waals surface area contributed by atoms with Crippen molar-refractivity contribution in [3.63, 3.8) is 0 Å². The van der Waals surface area contributed by atoms with Crippen molar-refractivity contribution >= 4 is 38.9 Å². The van der Waals surface area contributed by atoms with Crippen LogP contribution in [0.3, 0.4) is 0 Å². The molecule has 172 valence electrons. The van der Waals surface area contributed by atoms with Gasteiger partial charge in [-0.25, -0.2) is 4.39 Å². The zero-order valence-electron chi connectivity index (χ0n) is 18.7. The van der Waals surface area contributed by atoms with Crippen molar-refractivity contribution in [3.8, 4) is 11.3 Å². The minimum Gasteiger partial charge on any atom is -0.459 e. The van der Waals surface area contributed by atoms with Crippen LogP contribution in [0.2, 0.25) is 0 Å². The topological polar surface area (TPSA) is 41.3 Å². The average Bonchev–Trinajstić information content (AvgIpc) is 3.44. The summed E-state index contributed by atoms with van der Waals surface area (Å²) < 4.78 is 21.6. The van der Waals surface area contributed by atoms with Gasteiger partial charge in [0.25, 0.3) is 0 Å². The molecule has 0 unspecified atom stereocenters. The highest BCUT2D eigenvalue weighted by atomic mass is 79.9. The summed E-state index contributed by atoms with van der Waals surface area (Å²) >= 11 is 9.09. The summed E-state index contributed by atoms with van der Waals surface area (Å²) in [6.07, 6.45) is 1.77. The minimum atomic E-state index is -0.349. The van der Waals surface area contributed by atoms with Gasteiger partial charge in [0, 0.05) is 16.4 Å². The van der Waals surface area contributed by atoms with Gasteiger partial charge in [-0.3, -0.25) is 4.98 Å². The van der Waals surface area contributed by atoms with Crippen LogP contribution >= 0.6 is 28.1 Å². The molecule has 1 saturated heterocycles. The molecule has 0 saturated carbocycles. The van der Waals surface area contributed by atoms with E-state index in [2.05, 4.69) is 69.2 Å². The van der Waals surface area contributed by atoms with Gasteiger partial charge in [-0.05, 0) is 78.3 Å². The Morgan fingerprint density at radius 1 is 1.06 bits per heavy atom. The third-order valence-electron chi connectivity index (χ3n) is 6.05. The van der Waals surface area contributed by atoms with E-state index in [1.54, 1.807) is 24.4 Å². The molecule has 4 nitrogen and oxygen atoms in total. The lowest BCUT2D eigenvalue weighted by atomic mass is 10.0. The maximum atomic E-state index is 14.6. The predicted molar refractivity (Wildman–Crippen MR) is 140 cm³/mol. The second-order valence-corrected chi connectivity index (χ2v) is 9.87. The number of hydrogen-bond donors (Lipinski definition) is 1. The van der Waals surface area contributed by atoms with Gasteiger partial charge in [0.05, 0.1) is 17.3 Å². The number of pyridine rings is 1. The van der Waals surface area contributed by atoms with Gasteiger partial charge in [-0.1, -0.05) is 48.0 Å². The van der Waals surface area contributed by atoms with Crippen LogP contribution in [0.4, 0.5) is 10.1 Å². The van der Waals surface area contributed by atoms with Gasteiger partial charge in [-0.2, -0.15) is 0 Å². The van der Waals surface area contributed by atoms with E-state index in [1.807, 2.05) is 24.3 Å². The third kappa shape index (κ3) is 4.26. The Kier molecular flexibility index (Phi) is 6.23. The average molecular weight is 536 g/mol. The van der Waals surface area contributed by atoms with Crippen LogP contribution < -0.4 is 10.2 Å². The molecule has 0 bridgehead atoms. The number of nitrogens with one attached hydrogen (secondary N) is 1. The van der Waals surface area contributed by atoms with E-state index in [-0.39, 0.29) is 17.9 Å². The van der Waals surface area contributed by atoms with Gasteiger partial charge < -0.3 is 14.6 Å². The summed E-state index contributed by atoms with van der Waals surface area (Å²) in [5.74, 6) is 1.22. The summed E-state index contributed by atoms with van der Waals surface area (Å²) in [5.41, 5.74) is 3.47. The number of thiocarbonyl (C=S) groups is 1. The van der Waals surface area contributed by atoms with Crippen LogP contribution in [0.25, 0.3) is 11.3 Å². The van der Waals surface area contributed by atoms with Crippen molar-refractivity contribution in [2.75, 3.05) is 4.90 Å². The lowest BCUT2D eigenvalue weighted by Gasteiger charge is -2.26. The lowest BCUT2D eigenvalue weighted by Crippen LogP contribution is -2.29. The molecular weight excluding hydrogens is 513 g/mol. The first kappa shape index (κ1) is 22.7. The highest BCUT2D eigenvalue weighted by Crippen LogP contribution is 2.43. The SMILES string of the molecule is CC(C)c1ccc(N2C(=S)N[C@H](c3ccccn3)[C@@H]2c2ccc(-c3ccc(Br)cc3F)o2)cc1. The fourth-order valence-electron chi connectivity index (χ4n) is 4.29. The largest absolute Gasteiger partial charge is 0.459 e. The standard InChI is InChI=1S/C27H23BrFN3OS/c1-16(2)17-6-9-19(10-7-17)32-26(25(31-27(32)34)22-5-3-4-14-30-22)24-13-12-23(33-24)20-11-8-18(28)15-21(20)29/h3-16,25-26H,1-2H3,(H,31,34)/t25-,26+/m1/s1. The van der Waals surface area contributed by atoms with Crippen LogP contribution in [0.5, 0.6) is 0 Å².